The molecule has 0 aromatic carbocycles. The summed E-state index contributed by atoms with van der Waals surface area (Å²) in [6.07, 6.45) is -3.09. The van der Waals surface area contributed by atoms with Gasteiger partial charge in [-0.3, -0.25) is 10.1 Å². The molecule has 0 unspecified atom stereocenters. The van der Waals surface area contributed by atoms with Gasteiger partial charge in [0.05, 0.1) is 9.40 Å². The van der Waals surface area contributed by atoms with Crippen LogP contribution in [0.15, 0.2) is 15.6 Å². The van der Waals surface area contributed by atoms with Gasteiger partial charge < -0.3 is 0 Å². The predicted molar refractivity (Wildman–Crippen MR) is 54.9 cm³/mol. The van der Waals surface area contributed by atoms with E-state index in [1.165, 1.54) is 0 Å². The number of pyridine rings is 1. The zero-order valence-electron chi connectivity index (χ0n) is 7.80. The second kappa shape index (κ2) is 4.58. The minimum Gasteiger partial charge on any atom is -0.258 e. The van der Waals surface area contributed by atoms with Crippen LogP contribution >= 0.6 is 15.9 Å². The third-order valence-electron chi connectivity index (χ3n) is 1.62. The van der Waals surface area contributed by atoms with Gasteiger partial charge in [-0.1, -0.05) is 0 Å². The third-order valence-corrected chi connectivity index (χ3v) is 3.10. The number of sulfonamides is 1. The summed E-state index contributed by atoms with van der Waals surface area (Å²) >= 11 is 2.63. The number of halogens is 3. The minimum atomic E-state index is -4.56. The molecule has 0 aliphatic heterocycles. The first-order chi connectivity index (χ1) is 7.64. The Bertz CT molecular complexity index is 577. The van der Waals surface area contributed by atoms with Gasteiger partial charge in [-0.05, 0) is 15.9 Å². The summed E-state index contributed by atoms with van der Waals surface area (Å²) in [6, 6.07) is 0.619. The molecule has 17 heavy (non-hydrogen) atoms. The summed E-state index contributed by atoms with van der Waals surface area (Å²) in [7, 11) is -4.56. The van der Waals surface area contributed by atoms with Crippen molar-refractivity contribution >= 4 is 31.6 Å². The lowest BCUT2D eigenvalue weighted by atomic mass is 10.3. The fourth-order valence-corrected chi connectivity index (χ4v) is 2.10. The number of primary sulfonamides is 1. The Balaban J connectivity index is 3.66. The highest BCUT2D eigenvalue weighted by Crippen LogP contribution is 2.32. The molecule has 0 spiro atoms. The van der Waals surface area contributed by atoms with Gasteiger partial charge >= 0.3 is 5.69 Å². The van der Waals surface area contributed by atoms with E-state index in [-0.39, 0.29) is 4.47 Å². The van der Waals surface area contributed by atoms with Gasteiger partial charge in [0.25, 0.3) is 16.4 Å². The van der Waals surface area contributed by atoms with E-state index in [9.17, 15) is 27.3 Å². The average Bonchev–Trinajstić information content (AvgIpc) is 2.14. The molecule has 0 bridgehead atoms. The summed E-state index contributed by atoms with van der Waals surface area (Å²) in [6.45, 7) is 0. The van der Waals surface area contributed by atoms with Crippen molar-refractivity contribution in [2.45, 2.75) is 11.5 Å². The normalized spacial score (nSPS) is 11.8. The number of hydrogen-bond acceptors (Lipinski definition) is 5. The minimum absolute atomic E-state index is 0.369. The maximum atomic E-state index is 12.4. The van der Waals surface area contributed by atoms with Crippen molar-refractivity contribution in [1.82, 2.24) is 4.98 Å². The van der Waals surface area contributed by atoms with Crippen molar-refractivity contribution in [3.8, 4) is 0 Å². The molecule has 94 valence electrons. The number of nitro groups is 1. The molecule has 0 aliphatic carbocycles. The van der Waals surface area contributed by atoms with Gasteiger partial charge in [-0.15, -0.1) is 0 Å². The van der Waals surface area contributed by atoms with Crippen molar-refractivity contribution in [1.29, 1.82) is 0 Å². The van der Waals surface area contributed by atoms with E-state index in [1.54, 1.807) is 0 Å². The van der Waals surface area contributed by atoms with Gasteiger partial charge in [-0.2, -0.15) is 0 Å². The van der Waals surface area contributed by atoms with E-state index in [4.69, 9.17) is 0 Å². The van der Waals surface area contributed by atoms with Crippen LogP contribution in [0.2, 0.25) is 0 Å². The Hall–Kier alpha value is -1.20. The molecule has 1 aromatic rings. The highest BCUT2D eigenvalue weighted by molar-refractivity contribution is 9.10. The maximum absolute atomic E-state index is 12.4. The Morgan fingerprint density at radius 2 is 2.06 bits per heavy atom. The molecule has 0 aliphatic rings. The molecule has 0 fully saturated rings. The second-order valence-electron chi connectivity index (χ2n) is 2.78. The van der Waals surface area contributed by atoms with Crippen LogP contribution < -0.4 is 5.14 Å². The molecule has 0 amide bonds. The van der Waals surface area contributed by atoms with Crippen molar-refractivity contribution in [3.05, 3.63) is 26.3 Å². The maximum Gasteiger partial charge on any atom is 0.309 e. The smallest absolute Gasteiger partial charge is 0.258 e. The number of aromatic nitrogens is 1. The van der Waals surface area contributed by atoms with E-state index in [2.05, 4.69) is 26.1 Å². The number of rotatable bonds is 3. The lowest BCUT2D eigenvalue weighted by molar-refractivity contribution is -0.388. The van der Waals surface area contributed by atoms with Crippen LogP contribution in [-0.2, 0) is 10.0 Å². The van der Waals surface area contributed by atoms with Crippen molar-refractivity contribution < 1.29 is 22.1 Å². The molecular formula is C6H4BrF2N3O4S. The Morgan fingerprint density at radius 3 is 2.41 bits per heavy atom. The molecule has 1 rings (SSSR count). The molecule has 0 atom stereocenters. The molecule has 0 saturated heterocycles. The van der Waals surface area contributed by atoms with Gasteiger partial charge in [-0.25, -0.2) is 27.3 Å². The fraction of sp³-hybridized carbons (Fsp3) is 0.167. The van der Waals surface area contributed by atoms with E-state index in [0.717, 1.165) is 0 Å². The molecule has 2 N–H and O–H groups in total. The predicted octanol–water partition coefficient (Wildman–Crippen LogP) is 1.34. The topological polar surface area (TPSA) is 116 Å². The van der Waals surface area contributed by atoms with Crippen LogP contribution in [0.25, 0.3) is 0 Å². The van der Waals surface area contributed by atoms with Crippen molar-refractivity contribution in [3.63, 3.8) is 0 Å². The second-order valence-corrected chi connectivity index (χ2v) is 5.11. The monoisotopic (exact) mass is 331 g/mol. The Labute approximate surface area is 102 Å². The highest BCUT2D eigenvalue weighted by Gasteiger charge is 2.29. The third kappa shape index (κ3) is 2.92. The van der Waals surface area contributed by atoms with Crippen LogP contribution in [0.3, 0.4) is 0 Å². The molecular weight excluding hydrogens is 328 g/mol. The summed E-state index contributed by atoms with van der Waals surface area (Å²) in [4.78, 5) is 12.5. The van der Waals surface area contributed by atoms with Gasteiger partial charge in [0.1, 0.15) is 5.69 Å². The molecule has 7 nitrogen and oxygen atoms in total. The average molecular weight is 332 g/mol. The van der Waals surface area contributed by atoms with Crippen LogP contribution in [0.1, 0.15) is 12.1 Å². The molecule has 0 saturated carbocycles. The first-order valence-corrected chi connectivity index (χ1v) is 6.14. The molecule has 1 heterocycles. The summed E-state index contributed by atoms with van der Waals surface area (Å²) in [5.74, 6) is 0. The lowest BCUT2D eigenvalue weighted by Gasteiger charge is -2.05. The molecule has 0 radical (unpaired) electrons. The first-order valence-electron chi connectivity index (χ1n) is 3.80. The summed E-state index contributed by atoms with van der Waals surface area (Å²) < 4.78 is 46.5. The van der Waals surface area contributed by atoms with Crippen LogP contribution in [-0.4, -0.2) is 18.3 Å². The van der Waals surface area contributed by atoms with E-state index in [1.807, 2.05) is 0 Å². The van der Waals surface area contributed by atoms with Crippen LogP contribution in [0.5, 0.6) is 0 Å². The quantitative estimate of drug-likeness (QED) is 0.662. The number of alkyl halides is 2. The zero-order chi connectivity index (χ0) is 13.4. The van der Waals surface area contributed by atoms with E-state index < -0.39 is 37.8 Å². The highest BCUT2D eigenvalue weighted by atomic mass is 79.9. The van der Waals surface area contributed by atoms with Crippen LogP contribution in [0.4, 0.5) is 14.5 Å². The van der Waals surface area contributed by atoms with Crippen molar-refractivity contribution in [2.75, 3.05) is 0 Å². The standard InChI is InChI=1S/C6H4BrF2N3O4S/c7-2-1-3(12(13)14)6(17(10,15)16)11-4(2)5(8)9/h1,5H,(H2,10,15,16). The van der Waals surface area contributed by atoms with Gasteiger partial charge in [0, 0.05) is 6.07 Å². The van der Waals surface area contributed by atoms with E-state index >= 15 is 0 Å². The molecule has 1 aromatic heterocycles. The fourth-order valence-electron chi connectivity index (χ4n) is 0.969. The van der Waals surface area contributed by atoms with Gasteiger partial charge in [0.15, 0.2) is 0 Å². The Kier molecular flexibility index (Phi) is 3.74. The van der Waals surface area contributed by atoms with Gasteiger partial charge in [0.2, 0.25) is 5.03 Å². The number of nitrogens with zero attached hydrogens (tertiary/aromatic N) is 2. The lowest BCUT2D eigenvalue weighted by Crippen LogP contribution is -2.17. The zero-order valence-corrected chi connectivity index (χ0v) is 10.2. The number of hydrogen-bond donors (Lipinski definition) is 1. The largest absolute Gasteiger partial charge is 0.309 e. The SMILES string of the molecule is NS(=O)(=O)c1nc(C(F)F)c(Br)cc1[N+](=O)[O-]. The first kappa shape index (κ1) is 13.9. The van der Waals surface area contributed by atoms with Crippen molar-refractivity contribution in [2.24, 2.45) is 5.14 Å². The van der Waals surface area contributed by atoms with Crippen LogP contribution in [0, 0.1) is 10.1 Å². The summed E-state index contributed by atoms with van der Waals surface area (Å²) in [5.41, 5.74) is -1.90. The number of nitrogens with two attached hydrogens (primary N) is 1. The molecule has 11 heteroatoms. The Morgan fingerprint density at radius 1 is 1.53 bits per heavy atom. The van der Waals surface area contributed by atoms with E-state index in [0.29, 0.717) is 6.07 Å². The summed E-state index contributed by atoms with van der Waals surface area (Å²) in [5, 5.41) is 14.0.